The molecule has 78 valence electrons. The summed E-state index contributed by atoms with van der Waals surface area (Å²) in [6.07, 6.45) is 5.05. The molecule has 1 heterocycles. The maximum atomic E-state index is 5.64. The number of rotatable bonds is 1. The van der Waals surface area contributed by atoms with Crippen LogP contribution >= 0.6 is 11.3 Å². The number of thiazole rings is 1. The van der Waals surface area contributed by atoms with E-state index in [4.69, 9.17) is 5.73 Å². The zero-order valence-electron chi connectivity index (χ0n) is 8.62. The Morgan fingerprint density at radius 3 is 3.00 bits per heavy atom. The van der Waals surface area contributed by atoms with E-state index in [1.807, 2.05) is 0 Å². The second-order valence-corrected chi connectivity index (χ2v) is 5.18. The van der Waals surface area contributed by atoms with E-state index < -0.39 is 0 Å². The highest BCUT2D eigenvalue weighted by molar-refractivity contribution is 7.18. The second-order valence-electron chi connectivity index (χ2n) is 4.07. The third kappa shape index (κ3) is 1.46. The fourth-order valence-electron chi connectivity index (χ4n) is 2.35. The van der Waals surface area contributed by atoms with E-state index in [0.29, 0.717) is 6.54 Å². The van der Waals surface area contributed by atoms with Crippen LogP contribution in [0.2, 0.25) is 0 Å². The van der Waals surface area contributed by atoms with Crippen LogP contribution in [0.4, 0.5) is 0 Å². The maximum Gasteiger partial charge on any atom is 0.107 e. The molecule has 3 heteroatoms. The molecule has 0 spiro atoms. The number of nitrogens with zero attached hydrogens (tertiary/aromatic N) is 1. The number of fused-ring (bicyclic) bond motifs is 3. The van der Waals surface area contributed by atoms with Crippen molar-refractivity contribution in [3.8, 4) is 0 Å². The lowest BCUT2D eigenvalue weighted by Gasteiger charge is -2.15. The van der Waals surface area contributed by atoms with Crippen LogP contribution in [0.1, 0.15) is 29.0 Å². The minimum Gasteiger partial charge on any atom is -0.325 e. The van der Waals surface area contributed by atoms with E-state index >= 15 is 0 Å². The summed E-state index contributed by atoms with van der Waals surface area (Å²) in [6.45, 7) is 0.564. The highest BCUT2D eigenvalue weighted by atomic mass is 32.1. The van der Waals surface area contributed by atoms with Gasteiger partial charge in [-0.1, -0.05) is 6.07 Å². The average molecular weight is 218 g/mol. The molecular formula is C12H14N2S. The number of hydrogen-bond acceptors (Lipinski definition) is 3. The van der Waals surface area contributed by atoms with E-state index in [-0.39, 0.29) is 0 Å². The molecule has 1 aromatic heterocycles. The molecule has 1 aromatic carbocycles. The number of nitrogens with two attached hydrogens (primary N) is 1. The molecule has 0 fully saturated rings. The maximum absolute atomic E-state index is 5.64. The number of benzene rings is 1. The Morgan fingerprint density at radius 2 is 2.13 bits per heavy atom. The first kappa shape index (κ1) is 9.31. The SMILES string of the molecule is NCc1nc2c3c(ccc2s1)CCCC3. The van der Waals surface area contributed by atoms with Gasteiger partial charge in [0.2, 0.25) is 0 Å². The van der Waals surface area contributed by atoms with Crippen molar-refractivity contribution >= 4 is 21.6 Å². The van der Waals surface area contributed by atoms with Gasteiger partial charge in [-0.05, 0) is 42.9 Å². The smallest absolute Gasteiger partial charge is 0.107 e. The van der Waals surface area contributed by atoms with Gasteiger partial charge >= 0.3 is 0 Å². The molecule has 3 rings (SSSR count). The summed E-state index contributed by atoms with van der Waals surface area (Å²) in [5.74, 6) is 0. The topological polar surface area (TPSA) is 38.9 Å². The summed E-state index contributed by atoms with van der Waals surface area (Å²) in [5, 5.41) is 1.06. The molecule has 0 atom stereocenters. The summed E-state index contributed by atoms with van der Waals surface area (Å²) in [4.78, 5) is 4.64. The molecule has 2 nitrogen and oxygen atoms in total. The van der Waals surface area contributed by atoms with Gasteiger partial charge in [0.05, 0.1) is 10.2 Å². The fraction of sp³-hybridized carbons (Fsp3) is 0.417. The molecule has 0 radical (unpaired) electrons. The minimum absolute atomic E-state index is 0.564. The third-order valence-electron chi connectivity index (χ3n) is 3.10. The molecule has 1 aliphatic rings. The van der Waals surface area contributed by atoms with Crippen LogP contribution < -0.4 is 5.73 Å². The van der Waals surface area contributed by atoms with E-state index in [2.05, 4.69) is 17.1 Å². The molecule has 0 saturated carbocycles. The van der Waals surface area contributed by atoms with Crippen molar-refractivity contribution in [2.45, 2.75) is 32.2 Å². The number of aryl methyl sites for hydroxylation is 2. The zero-order valence-corrected chi connectivity index (χ0v) is 9.44. The fourth-order valence-corrected chi connectivity index (χ4v) is 3.23. The molecule has 0 saturated heterocycles. The van der Waals surface area contributed by atoms with Crippen molar-refractivity contribution in [1.29, 1.82) is 0 Å². The van der Waals surface area contributed by atoms with Crippen LogP contribution in [-0.2, 0) is 19.4 Å². The molecule has 0 aliphatic heterocycles. The quantitative estimate of drug-likeness (QED) is 0.799. The summed E-state index contributed by atoms with van der Waals surface area (Å²) in [5.41, 5.74) is 9.84. The van der Waals surface area contributed by atoms with Gasteiger partial charge in [-0.2, -0.15) is 0 Å². The van der Waals surface area contributed by atoms with Crippen LogP contribution in [0.25, 0.3) is 10.2 Å². The van der Waals surface area contributed by atoms with Gasteiger partial charge in [-0.25, -0.2) is 4.98 Å². The van der Waals surface area contributed by atoms with Gasteiger partial charge in [0, 0.05) is 6.54 Å². The summed E-state index contributed by atoms with van der Waals surface area (Å²) >= 11 is 1.73. The van der Waals surface area contributed by atoms with Gasteiger partial charge in [0.15, 0.2) is 0 Å². The van der Waals surface area contributed by atoms with Crippen molar-refractivity contribution in [2.24, 2.45) is 5.73 Å². The number of aromatic nitrogens is 1. The van der Waals surface area contributed by atoms with Crippen LogP contribution in [-0.4, -0.2) is 4.98 Å². The van der Waals surface area contributed by atoms with Crippen LogP contribution in [0.5, 0.6) is 0 Å². The number of hydrogen-bond donors (Lipinski definition) is 1. The van der Waals surface area contributed by atoms with Crippen molar-refractivity contribution in [2.75, 3.05) is 0 Å². The predicted octanol–water partition coefficient (Wildman–Crippen LogP) is 2.63. The third-order valence-corrected chi connectivity index (χ3v) is 4.15. The highest BCUT2D eigenvalue weighted by Gasteiger charge is 2.14. The molecule has 0 bridgehead atoms. The first-order chi connectivity index (χ1) is 7.38. The van der Waals surface area contributed by atoms with Gasteiger partial charge < -0.3 is 5.73 Å². The lowest BCUT2D eigenvalue weighted by Crippen LogP contribution is -2.03. The van der Waals surface area contributed by atoms with Crippen molar-refractivity contribution in [3.63, 3.8) is 0 Å². The van der Waals surface area contributed by atoms with Crippen LogP contribution in [0.3, 0.4) is 0 Å². The van der Waals surface area contributed by atoms with Gasteiger partial charge in [-0.15, -0.1) is 11.3 Å². The lowest BCUT2D eigenvalue weighted by molar-refractivity contribution is 0.689. The monoisotopic (exact) mass is 218 g/mol. The predicted molar refractivity (Wildman–Crippen MR) is 64.2 cm³/mol. The van der Waals surface area contributed by atoms with Gasteiger partial charge in [-0.3, -0.25) is 0 Å². The van der Waals surface area contributed by atoms with Crippen LogP contribution in [0, 0.1) is 0 Å². The second kappa shape index (κ2) is 3.58. The molecule has 2 aromatic rings. The summed E-state index contributed by atoms with van der Waals surface area (Å²) in [6, 6.07) is 4.48. The normalized spacial score (nSPS) is 15.5. The lowest BCUT2D eigenvalue weighted by atomic mass is 9.91. The van der Waals surface area contributed by atoms with Crippen molar-refractivity contribution in [3.05, 3.63) is 28.3 Å². The summed E-state index contributed by atoms with van der Waals surface area (Å²) in [7, 11) is 0. The Morgan fingerprint density at radius 1 is 1.27 bits per heavy atom. The van der Waals surface area contributed by atoms with Crippen molar-refractivity contribution < 1.29 is 0 Å². The molecular weight excluding hydrogens is 204 g/mol. The Labute approximate surface area is 93.1 Å². The standard InChI is InChI=1S/C12H14N2S/c13-7-11-14-12-9-4-2-1-3-8(9)5-6-10(12)15-11/h5-6H,1-4,7,13H2. The van der Waals surface area contributed by atoms with E-state index in [1.54, 1.807) is 11.3 Å². The minimum atomic E-state index is 0.564. The Kier molecular flexibility index (Phi) is 2.22. The van der Waals surface area contributed by atoms with Crippen LogP contribution in [0.15, 0.2) is 12.1 Å². The largest absolute Gasteiger partial charge is 0.325 e. The van der Waals surface area contributed by atoms with Gasteiger partial charge in [0.1, 0.15) is 5.01 Å². The zero-order chi connectivity index (χ0) is 10.3. The molecule has 0 unspecified atom stereocenters. The molecule has 0 amide bonds. The van der Waals surface area contributed by atoms with Gasteiger partial charge in [0.25, 0.3) is 0 Å². The highest BCUT2D eigenvalue weighted by Crippen LogP contribution is 2.31. The molecule has 1 aliphatic carbocycles. The Hall–Kier alpha value is -0.930. The van der Waals surface area contributed by atoms with E-state index in [1.165, 1.54) is 47.0 Å². The first-order valence-corrected chi connectivity index (χ1v) is 6.30. The van der Waals surface area contributed by atoms with E-state index in [0.717, 1.165) is 5.01 Å². The van der Waals surface area contributed by atoms with Crippen molar-refractivity contribution in [1.82, 2.24) is 4.98 Å². The molecule has 15 heavy (non-hydrogen) atoms. The van der Waals surface area contributed by atoms with E-state index in [9.17, 15) is 0 Å². The average Bonchev–Trinajstić information content (AvgIpc) is 2.72. The molecule has 2 N–H and O–H groups in total. The summed E-state index contributed by atoms with van der Waals surface area (Å²) < 4.78 is 1.30. The first-order valence-electron chi connectivity index (χ1n) is 5.49. The Bertz CT molecular complexity index is 502. The Balaban J connectivity index is 2.25.